The fraction of sp³-hybridized carbons (Fsp3) is 0.360. The predicted molar refractivity (Wildman–Crippen MR) is 120 cm³/mol. The van der Waals surface area contributed by atoms with Crippen molar-refractivity contribution in [3.05, 3.63) is 69.8 Å². The zero-order valence-corrected chi connectivity index (χ0v) is 18.3. The number of amides is 1. The fourth-order valence-corrected chi connectivity index (χ4v) is 4.86. The number of benzene rings is 2. The number of carbonyl (C=O) groups is 2. The molecule has 2 saturated heterocycles. The van der Waals surface area contributed by atoms with Crippen molar-refractivity contribution in [2.24, 2.45) is 0 Å². The van der Waals surface area contributed by atoms with E-state index in [2.05, 4.69) is 0 Å². The molecule has 3 heterocycles. The molecule has 2 fully saturated rings. The van der Waals surface area contributed by atoms with E-state index in [0.29, 0.717) is 30.3 Å². The van der Waals surface area contributed by atoms with Gasteiger partial charge >= 0.3 is 0 Å². The average molecular weight is 454 g/mol. The third-order valence-corrected chi connectivity index (χ3v) is 6.58. The van der Waals surface area contributed by atoms with E-state index in [1.807, 2.05) is 12.1 Å². The van der Waals surface area contributed by atoms with E-state index in [0.717, 1.165) is 42.6 Å². The summed E-state index contributed by atoms with van der Waals surface area (Å²) in [5, 5.41) is 11.8. The van der Waals surface area contributed by atoms with E-state index in [4.69, 9.17) is 21.1 Å². The number of halogens is 1. The molecule has 166 valence electrons. The Morgan fingerprint density at radius 2 is 1.91 bits per heavy atom. The summed E-state index contributed by atoms with van der Waals surface area (Å²) in [5.74, 6) is -0.690. The van der Waals surface area contributed by atoms with Gasteiger partial charge in [-0.2, -0.15) is 0 Å². The van der Waals surface area contributed by atoms with Gasteiger partial charge in [0, 0.05) is 23.7 Å². The SMILES string of the molecule is O=C1C(=O)N(CC2CCCO2)C(c2ccc(Cl)cc2)/C1=C(/O)c1ccc2c(c1)CCCO2. The third kappa shape index (κ3) is 3.78. The molecule has 32 heavy (non-hydrogen) atoms. The highest BCUT2D eigenvalue weighted by atomic mass is 35.5. The number of Topliss-reactive ketones (excluding diaryl/α,β-unsaturated/α-hetero) is 1. The van der Waals surface area contributed by atoms with Crippen LogP contribution in [0.2, 0.25) is 5.02 Å². The molecule has 1 N–H and O–H groups in total. The minimum Gasteiger partial charge on any atom is -0.507 e. The second kappa shape index (κ2) is 8.60. The first-order valence-corrected chi connectivity index (χ1v) is 11.3. The summed E-state index contributed by atoms with van der Waals surface area (Å²) >= 11 is 6.07. The molecule has 5 rings (SSSR count). The van der Waals surface area contributed by atoms with Gasteiger partial charge in [-0.1, -0.05) is 23.7 Å². The van der Waals surface area contributed by atoms with Gasteiger partial charge < -0.3 is 19.5 Å². The van der Waals surface area contributed by atoms with Crippen molar-refractivity contribution >= 4 is 29.1 Å². The Bertz CT molecular complexity index is 1090. The van der Waals surface area contributed by atoms with Crippen LogP contribution >= 0.6 is 11.6 Å². The number of rotatable bonds is 4. The first-order chi connectivity index (χ1) is 15.5. The molecular weight excluding hydrogens is 430 g/mol. The Morgan fingerprint density at radius 1 is 1.09 bits per heavy atom. The molecule has 7 heteroatoms. The Morgan fingerprint density at radius 3 is 2.66 bits per heavy atom. The van der Waals surface area contributed by atoms with E-state index in [1.165, 1.54) is 4.90 Å². The zero-order chi connectivity index (χ0) is 22.2. The van der Waals surface area contributed by atoms with Crippen LogP contribution in [0.1, 0.15) is 42.0 Å². The molecule has 2 unspecified atom stereocenters. The van der Waals surface area contributed by atoms with Crippen molar-refractivity contribution in [1.29, 1.82) is 0 Å². The molecular formula is C25H24ClNO5. The van der Waals surface area contributed by atoms with Crippen LogP contribution in [0.25, 0.3) is 5.76 Å². The van der Waals surface area contributed by atoms with Crippen LogP contribution in [0, 0.1) is 0 Å². The second-order valence-electron chi connectivity index (χ2n) is 8.41. The average Bonchev–Trinajstić information content (AvgIpc) is 3.41. The van der Waals surface area contributed by atoms with Gasteiger partial charge in [-0.15, -0.1) is 0 Å². The molecule has 0 aromatic heterocycles. The van der Waals surface area contributed by atoms with Crippen LogP contribution in [0.5, 0.6) is 5.75 Å². The van der Waals surface area contributed by atoms with E-state index in [9.17, 15) is 14.7 Å². The summed E-state index contributed by atoms with van der Waals surface area (Å²) in [6.45, 7) is 1.62. The van der Waals surface area contributed by atoms with E-state index < -0.39 is 17.7 Å². The first kappa shape index (κ1) is 21.0. The number of ether oxygens (including phenoxy) is 2. The highest BCUT2D eigenvalue weighted by molar-refractivity contribution is 6.46. The molecule has 0 bridgehead atoms. The Balaban J connectivity index is 1.60. The normalized spacial score (nSPS) is 24.5. The summed E-state index contributed by atoms with van der Waals surface area (Å²) in [6, 6.07) is 11.7. The smallest absolute Gasteiger partial charge is 0.295 e. The van der Waals surface area contributed by atoms with Crippen LogP contribution in [-0.2, 0) is 20.7 Å². The van der Waals surface area contributed by atoms with Gasteiger partial charge in [0.2, 0.25) is 0 Å². The number of hydrogen-bond donors (Lipinski definition) is 1. The van der Waals surface area contributed by atoms with Gasteiger partial charge in [-0.25, -0.2) is 0 Å². The van der Waals surface area contributed by atoms with Crippen LogP contribution in [0.4, 0.5) is 0 Å². The maximum absolute atomic E-state index is 13.1. The van der Waals surface area contributed by atoms with Gasteiger partial charge in [0.25, 0.3) is 11.7 Å². The Kier molecular flexibility index (Phi) is 5.66. The predicted octanol–water partition coefficient (Wildman–Crippen LogP) is 4.27. The summed E-state index contributed by atoms with van der Waals surface area (Å²) < 4.78 is 11.4. The molecule has 0 aliphatic carbocycles. The van der Waals surface area contributed by atoms with Crippen molar-refractivity contribution in [1.82, 2.24) is 4.90 Å². The minimum absolute atomic E-state index is 0.0898. The standard InChI is InChI=1S/C25H24ClNO5/c26-18-8-5-15(6-9-18)22-21(24(29)25(30)27(22)14-19-4-2-11-31-19)23(28)17-7-10-20-16(13-17)3-1-12-32-20/h5-10,13,19,22,28H,1-4,11-12,14H2/b23-21-. The topological polar surface area (TPSA) is 76.1 Å². The molecule has 0 spiro atoms. The maximum Gasteiger partial charge on any atom is 0.295 e. The molecule has 2 aromatic carbocycles. The largest absolute Gasteiger partial charge is 0.507 e. The van der Waals surface area contributed by atoms with Crippen molar-refractivity contribution in [2.45, 2.75) is 37.8 Å². The van der Waals surface area contributed by atoms with Crippen molar-refractivity contribution in [3.8, 4) is 5.75 Å². The lowest BCUT2D eigenvalue weighted by molar-refractivity contribution is -0.140. The third-order valence-electron chi connectivity index (χ3n) is 6.33. The number of aliphatic hydroxyl groups excluding tert-OH is 1. The van der Waals surface area contributed by atoms with Crippen molar-refractivity contribution < 1.29 is 24.2 Å². The maximum atomic E-state index is 13.1. The van der Waals surface area contributed by atoms with Crippen molar-refractivity contribution in [3.63, 3.8) is 0 Å². The van der Waals surface area contributed by atoms with Crippen LogP contribution in [0.15, 0.2) is 48.0 Å². The van der Waals surface area contributed by atoms with Crippen LogP contribution in [0.3, 0.4) is 0 Å². The summed E-state index contributed by atoms with van der Waals surface area (Å²) in [4.78, 5) is 27.7. The fourth-order valence-electron chi connectivity index (χ4n) is 4.73. The molecule has 6 nitrogen and oxygen atoms in total. The van der Waals surface area contributed by atoms with Crippen molar-refractivity contribution in [2.75, 3.05) is 19.8 Å². The molecule has 0 saturated carbocycles. The Hall–Kier alpha value is -2.83. The number of carbonyl (C=O) groups excluding carboxylic acids is 2. The zero-order valence-electron chi connectivity index (χ0n) is 17.6. The lowest BCUT2D eigenvalue weighted by Crippen LogP contribution is -2.36. The number of nitrogens with zero attached hydrogens (tertiary/aromatic N) is 1. The molecule has 2 aromatic rings. The van der Waals surface area contributed by atoms with E-state index in [-0.39, 0.29) is 17.4 Å². The van der Waals surface area contributed by atoms with E-state index in [1.54, 1.807) is 30.3 Å². The number of hydrogen-bond acceptors (Lipinski definition) is 5. The summed E-state index contributed by atoms with van der Waals surface area (Å²) in [5.41, 5.74) is 2.29. The van der Waals surface area contributed by atoms with Gasteiger partial charge in [-0.3, -0.25) is 9.59 Å². The molecule has 3 aliphatic heterocycles. The highest BCUT2D eigenvalue weighted by Gasteiger charge is 2.47. The minimum atomic E-state index is -0.705. The summed E-state index contributed by atoms with van der Waals surface area (Å²) in [6.07, 6.45) is 3.38. The van der Waals surface area contributed by atoms with Crippen LogP contribution < -0.4 is 4.74 Å². The summed E-state index contributed by atoms with van der Waals surface area (Å²) in [7, 11) is 0. The molecule has 2 atom stereocenters. The number of fused-ring (bicyclic) bond motifs is 1. The quantitative estimate of drug-likeness (QED) is 0.425. The molecule has 0 radical (unpaired) electrons. The van der Waals surface area contributed by atoms with Gasteiger partial charge in [0.15, 0.2) is 0 Å². The van der Waals surface area contributed by atoms with Gasteiger partial charge in [-0.05, 0) is 67.1 Å². The first-order valence-electron chi connectivity index (χ1n) is 10.9. The van der Waals surface area contributed by atoms with E-state index >= 15 is 0 Å². The number of aliphatic hydroxyl groups is 1. The Labute approximate surface area is 191 Å². The molecule has 1 amide bonds. The number of ketones is 1. The van der Waals surface area contributed by atoms with Crippen LogP contribution in [-0.4, -0.2) is 47.6 Å². The van der Waals surface area contributed by atoms with Gasteiger partial charge in [0.1, 0.15) is 11.5 Å². The lowest BCUT2D eigenvalue weighted by Gasteiger charge is -2.27. The highest BCUT2D eigenvalue weighted by Crippen LogP contribution is 2.41. The number of likely N-dealkylation sites (tertiary alicyclic amines) is 1. The number of aryl methyl sites for hydroxylation is 1. The second-order valence-corrected chi connectivity index (χ2v) is 8.85. The molecule has 3 aliphatic rings. The monoisotopic (exact) mass is 453 g/mol. The van der Waals surface area contributed by atoms with Gasteiger partial charge in [0.05, 0.1) is 24.3 Å². The lowest BCUT2D eigenvalue weighted by atomic mass is 9.94.